The normalized spacial score (nSPS) is 29.0. The van der Waals surface area contributed by atoms with Crippen molar-refractivity contribution in [2.45, 2.75) is 181 Å². The summed E-state index contributed by atoms with van der Waals surface area (Å²) in [6, 6.07) is 9.34. The summed E-state index contributed by atoms with van der Waals surface area (Å²) in [6.45, 7) is 32.8. The number of hydrogen-bond donors (Lipinski definition) is 0. The zero-order valence-electron chi connectivity index (χ0n) is 32.5. The SMILES string of the molecule is CC[C@H](CC[C@@H]1O[C@]2(CC[C@H](C)[C@H](C[C@@H](C)O[Si](C)(C)C(C)(C)C)O2)C[C@H](OC(=O)c2ccccc2)[C@@H]1C)CO[Si](C)(C)C(C)(C)C. The van der Waals surface area contributed by atoms with E-state index in [9.17, 15) is 4.79 Å². The molecule has 2 aliphatic rings. The summed E-state index contributed by atoms with van der Waals surface area (Å²) in [5, 5.41) is 0.340. The van der Waals surface area contributed by atoms with E-state index in [1.807, 2.05) is 30.3 Å². The molecule has 2 heterocycles. The molecule has 0 unspecified atom stereocenters. The quantitative estimate of drug-likeness (QED) is 0.152. The number of rotatable bonds is 13. The van der Waals surface area contributed by atoms with E-state index in [2.05, 4.69) is 95.4 Å². The lowest BCUT2D eigenvalue weighted by Gasteiger charge is -2.52. The summed E-state index contributed by atoms with van der Waals surface area (Å²) < 4.78 is 33.9. The van der Waals surface area contributed by atoms with E-state index >= 15 is 0 Å². The van der Waals surface area contributed by atoms with Gasteiger partial charge in [-0.05, 0) is 92.8 Å². The number of benzene rings is 1. The smallest absolute Gasteiger partial charge is 0.338 e. The monoisotopic (exact) mass is 690 g/mol. The van der Waals surface area contributed by atoms with Crippen LogP contribution >= 0.6 is 0 Å². The van der Waals surface area contributed by atoms with Crippen LogP contribution in [0.2, 0.25) is 36.3 Å². The Hall–Kier alpha value is -1.04. The molecular formula is C39H70O6Si2. The Labute approximate surface area is 290 Å². The Morgan fingerprint density at radius 1 is 0.957 bits per heavy atom. The van der Waals surface area contributed by atoms with Gasteiger partial charge in [-0.3, -0.25) is 0 Å². The van der Waals surface area contributed by atoms with Gasteiger partial charge in [-0.1, -0.05) is 86.9 Å². The Morgan fingerprint density at radius 3 is 2.13 bits per heavy atom. The molecule has 1 aromatic carbocycles. The molecule has 0 aromatic heterocycles. The van der Waals surface area contributed by atoms with Gasteiger partial charge in [0.1, 0.15) is 6.10 Å². The maximum Gasteiger partial charge on any atom is 0.338 e. The highest BCUT2D eigenvalue weighted by Crippen LogP contribution is 2.47. The second-order valence-corrected chi connectivity index (χ2v) is 27.5. The van der Waals surface area contributed by atoms with Crippen LogP contribution in [0.1, 0.15) is 125 Å². The van der Waals surface area contributed by atoms with Crippen LogP contribution in [-0.2, 0) is 23.1 Å². The molecule has 1 spiro atoms. The van der Waals surface area contributed by atoms with Crippen LogP contribution < -0.4 is 0 Å². The zero-order chi connectivity index (χ0) is 35.4. The van der Waals surface area contributed by atoms with Gasteiger partial charge < -0.3 is 23.1 Å². The third-order valence-corrected chi connectivity index (χ3v) is 21.2. The standard InChI is InChI=1S/C39H70O6Si2/c1-15-31(27-41-46(11,12)37(5,6)7)21-22-33-30(4)35(42-36(40)32-19-17-16-18-20-32)26-39(43-33)24-23-28(2)34(44-39)25-29(3)45-47(13,14)38(8,9)10/h16-20,28-31,33-35H,15,21-27H2,1-14H3/t28-,29+,30+,31+,33-,34-,35-,39-/m0/s1. The molecule has 0 N–H and O–H groups in total. The number of hydrogen-bond acceptors (Lipinski definition) is 6. The molecule has 3 rings (SSSR count). The second-order valence-electron chi connectivity index (χ2n) is 18.0. The van der Waals surface area contributed by atoms with Crippen LogP contribution in [0.5, 0.6) is 0 Å². The van der Waals surface area contributed by atoms with E-state index in [1.165, 1.54) is 0 Å². The molecule has 0 bridgehead atoms. The second kappa shape index (κ2) is 15.9. The molecule has 2 aliphatic heterocycles. The van der Waals surface area contributed by atoms with Crippen LogP contribution in [0.15, 0.2) is 30.3 Å². The van der Waals surface area contributed by atoms with Gasteiger partial charge in [0.25, 0.3) is 0 Å². The summed E-state index contributed by atoms with van der Waals surface area (Å²) in [5.74, 6) is -0.142. The molecule has 0 amide bonds. The van der Waals surface area contributed by atoms with E-state index in [1.54, 1.807) is 0 Å². The van der Waals surface area contributed by atoms with Crippen LogP contribution in [-0.4, -0.2) is 59.4 Å². The van der Waals surface area contributed by atoms with Crippen molar-refractivity contribution in [1.82, 2.24) is 0 Å². The van der Waals surface area contributed by atoms with Crippen molar-refractivity contribution in [2.75, 3.05) is 6.61 Å². The minimum atomic E-state index is -1.91. The first-order valence-corrected chi connectivity index (χ1v) is 24.3. The molecule has 2 fully saturated rings. The lowest BCUT2D eigenvalue weighted by Crippen LogP contribution is -2.57. The van der Waals surface area contributed by atoms with E-state index in [0.717, 1.165) is 45.1 Å². The van der Waals surface area contributed by atoms with Gasteiger partial charge in [0.15, 0.2) is 22.4 Å². The Kier molecular flexibility index (Phi) is 13.7. The molecule has 8 heteroatoms. The van der Waals surface area contributed by atoms with Gasteiger partial charge in [0, 0.05) is 31.5 Å². The third kappa shape index (κ3) is 10.7. The van der Waals surface area contributed by atoms with Crippen LogP contribution in [0.25, 0.3) is 0 Å². The van der Waals surface area contributed by atoms with E-state index in [-0.39, 0.29) is 46.4 Å². The Bertz CT molecular complexity index is 1130. The van der Waals surface area contributed by atoms with E-state index in [0.29, 0.717) is 23.8 Å². The number of carbonyl (C=O) groups is 1. The lowest BCUT2D eigenvalue weighted by atomic mass is 9.80. The van der Waals surface area contributed by atoms with Crippen LogP contribution in [0, 0.1) is 17.8 Å². The minimum Gasteiger partial charge on any atom is -0.458 e. The highest BCUT2D eigenvalue weighted by Gasteiger charge is 2.52. The fourth-order valence-electron chi connectivity index (χ4n) is 6.42. The third-order valence-electron chi connectivity index (χ3n) is 12.1. The fourth-order valence-corrected chi connectivity index (χ4v) is 8.96. The molecule has 2 saturated heterocycles. The maximum absolute atomic E-state index is 13.4. The molecule has 0 saturated carbocycles. The molecule has 1 aromatic rings. The summed E-state index contributed by atoms with van der Waals surface area (Å²) in [6.07, 6.45) is 5.89. The predicted octanol–water partition coefficient (Wildman–Crippen LogP) is 10.8. The fraction of sp³-hybridized carbons (Fsp3) is 0.821. The molecule has 0 aliphatic carbocycles. The lowest BCUT2D eigenvalue weighted by molar-refractivity contribution is -0.347. The number of carbonyl (C=O) groups excluding carboxylic acids is 1. The molecule has 0 radical (unpaired) electrons. The first-order valence-electron chi connectivity index (χ1n) is 18.5. The highest BCUT2D eigenvalue weighted by molar-refractivity contribution is 6.74. The van der Waals surface area contributed by atoms with Gasteiger partial charge in [0.05, 0.1) is 17.8 Å². The Balaban J connectivity index is 1.80. The average Bonchev–Trinajstić information content (AvgIpc) is 2.96. The first kappa shape index (κ1) is 40.4. The summed E-state index contributed by atoms with van der Waals surface area (Å²) in [5.41, 5.74) is 0.582. The molecule has 8 atom stereocenters. The molecule has 270 valence electrons. The summed E-state index contributed by atoms with van der Waals surface area (Å²) >= 11 is 0. The molecule has 6 nitrogen and oxygen atoms in total. The van der Waals surface area contributed by atoms with Crippen LogP contribution in [0.3, 0.4) is 0 Å². The summed E-state index contributed by atoms with van der Waals surface area (Å²) in [4.78, 5) is 13.4. The Morgan fingerprint density at radius 2 is 1.55 bits per heavy atom. The first-order chi connectivity index (χ1) is 21.6. The van der Waals surface area contributed by atoms with Crippen molar-refractivity contribution in [2.24, 2.45) is 17.8 Å². The van der Waals surface area contributed by atoms with E-state index in [4.69, 9.17) is 23.1 Å². The van der Waals surface area contributed by atoms with Crippen molar-refractivity contribution >= 4 is 22.6 Å². The van der Waals surface area contributed by atoms with Gasteiger partial charge >= 0.3 is 5.97 Å². The zero-order valence-corrected chi connectivity index (χ0v) is 34.5. The van der Waals surface area contributed by atoms with Gasteiger partial charge in [-0.2, -0.15) is 0 Å². The van der Waals surface area contributed by atoms with Crippen molar-refractivity contribution < 1.29 is 27.9 Å². The van der Waals surface area contributed by atoms with Gasteiger partial charge in [-0.25, -0.2) is 4.79 Å². The minimum absolute atomic E-state index is 0.0180. The maximum atomic E-state index is 13.4. The molecular weight excluding hydrogens is 621 g/mol. The van der Waals surface area contributed by atoms with Crippen molar-refractivity contribution in [1.29, 1.82) is 0 Å². The van der Waals surface area contributed by atoms with Crippen molar-refractivity contribution in [3.8, 4) is 0 Å². The highest BCUT2D eigenvalue weighted by atomic mass is 28.4. The topological polar surface area (TPSA) is 63.2 Å². The van der Waals surface area contributed by atoms with Crippen LogP contribution in [0.4, 0.5) is 0 Å². The number of esters is 1. The predicted molar refractivity (Wildman–Crippen MR) is 199 cm³/mol. The van der Waals surface area contributed by atoms with Crippen molar-refractivity contribution in [3.05, 3.63) is 35.9 Å². The van der Waals surface area contributed by atoms with Gasteiger partial charge in [-0.15, -0.1) is 0 Å². The average molecular weight is 691 g/mol. The largest absolute Gasteiger partial charge is 0.458 e. The summed E-state index contributed by atoms with van der Waals surface area (Å²) in [7, 11) is -3.74. The van der Waals surface area contributed by atoms with E-state index < -0.39 is 22.4 Å². The van der Waals surface area contributed by atoms with Gasteiger partial charge in [0.2, 0.25) is 0 Å². The van der Waals surface area contributed by atoms with Crippen molar-refractivity contribution in [3.63, 3.8) is 0 Å². The number of ether oxygens (including phenoxy) is 3. The molecule has 47 heavy (non-hydrogen) atoms.